The molecule has 116 valence electrons. The largest absolute Gasteiger partial charge is 0.478 e. The van der Waals surface area contributed by atoms with Crippen LogP contribution in [0.3, 0.4) is 0 Å². The first kappa shape index (κ1) is 15.7. The van der Waals surface area contributed by atoms with E-state index in [1.54, 1.807) is 12.1 Å². The molecule has 1 heterocycles. The number of carboxylic acids is 1. The Bertz CT molecular complexity index is 679. The minimum atomic E-state index is -1.04. The van der Waals surface area contributed by atoms with E-state index in [0.29, 0.717) is 23.8 Å². The average Bonchev–Trinajstić information content (AvgIpc) is 2.94. The lowest BCUT2D eigenvalue weighted by molar-refractivity contribution is -0.116. The summed E-state index contributed by atoms with van der Waals surface area (Å²) in [5, 5.41) is 15.4. The van der Waals surface area contributed by atoms with Gasteiger partial charge in [0.2, 0.25) is 11.8 Å². The second-order valence-corrected chi connectivity index (χ2v) is 5.14. The van der Waals surface area contributed by atoms with Crippen molar-refractivity contribution in [1.29, 1.82) is 0 Å². The number of nitrogens with one attached hydrogen (secondary N) is 1. The van der Waals surface area contributed by atoms with Gasteiger partial charge in [-0.25, -0.2) is 4.79 Å². The van der Waals surface area contributed by atoms with Crippen molar-refractivity contribution in [3.05, 3.63) is 41.5 Å². The molecule has 7 nitrogen and oxygen atoms in total. The van der Waals surface area contributed by atoms with Gasteiger partial charge in [0.15, 0.2) is 5.82 Å². The second kappa shape index (κ2) is 6.84. The smallest absolute Gasteiger partial charge is 0.335 e. The number of nitrogens with zero attached hydrogens (tertiary/aromatic N) is 2. The molecule has 0 aliphatic rings. The van der Waals surface area contributed by atoms with E-state index in [2.05, 4.69) is 15.5 Å². The van der Waals surface area contributed by atoms with Crippen LogP contribution >= 0.6 is 0 Å². The number of hydrogen-bond acceptors (Lipinski definition) is 5. The van der Waals surface area contributed by atoms with Gasteiger partial charge in [0, 0.05) is 24.4 Å². The highest BCUT2D eigenvalue weighted by atomic mass is 16.5. The fraction of sp³-hybridized carbons (Fsp3) is 0.333. The van der Waals surface area contributed by atoms with Gasteiger partial charge in [-0.3, -0.25) is 4.79 Å². The molecule has 7 heteroatoms. The Kier molecular flexibility index (Phi) is 4.88. The molecule has 0 radical (unpaired) electrons. The molecule has 1 amide bonds. The van der Waals surface area contributed by atoms with Crippen LogP contribution in [0.5, 0.6) is 0 Å². The van der Waals surface area contributed by atoms with E-state index in [0.717, 1.165) is 0 Å². The zero-order valence-electron chi connectivity index (χ0n) is 12.4. The van der Waals surface area contributed by atoms with Crippen molar-refractivity contribution in [2.45, 2.75) is 32.6 Å². The summed E-state index contributed by atoms with van der Waals surface area (Å²) in [6, 6.07) is 6.08. The molecule has 2 aromatic rings. The van der Waals surface area contributed by atoms with Gasteiger partial charge in [0.1, 0.15) is 0 Å². The average molecular weight is 303 g/mol. The van der Waals surface area contributed by atoms with Crippen LogP contribution in [0.4, 0.5) is 5.69 Å². The molecule has 0 spiro atoms. The van der Waals surface area contributed by atoms with Gasteiger partial charge in [0.05, 0.1) is 5.56 Å². The Morgan fingerprint density at radius 2 is 2.14 bits per heavy atom. The number of anilines is 1. The van der Waals surface area contributed by atoms with E-state index in [9.17, 15) is 9.59 Å². The minimum Gasteiger partial charge on any atom is -0.478 e. The Morgan fingerprint density at radius 3 is 2.77 bits per heavy atom. The summed E-state index contributed by atoms with van der Waals surface area (Å²) in [6.45, 7) is 3.91. The Morgan fingerprint density at radius 1 is 1.36 bits per heavy atom. The van der Waals surface area contributed by atoms with E-state index in [4.69, 9.17) is 9.63 Å². The summed E-state index contributed by atoms with van der Waals surface area (Å²) in [7, 11) is 0. The molecule has 0 saturated heterocycles. The molecule has 0 atom stereocenters. The number of carbonyl (C=O) groups excluding carboxylic acids is 1. The summed E-state index contributed by atoms with van der Waals surface area (Å²) < 4.78 is 5.06. The van der Waals surface area contributed by atoms with Gasteiger partial charge in [0.25, 0.3) is 0 Å². The lowest BCUT2D eigenvalue weighted by atomic mass is 10.2. The van der Waals surface area contributed by atoms with Gasteiger partial charge in [-0.1, -0.05) is 25.1 Å². The number of benzene rings is 1. The summed E-state index contributed by atoms with van der Waals surface area (Å²) >= 11 is 0. The van der Waals surface area contributed by atoms with Crippen molar-refractivity contribution >= 4 is 17.6 Å². The van der Waals surface area contributed by atoms with Crippen molar-refractivity contribution in [2.24, 2.45) is 0 Å². The summed E-state index contributed by atoms with van der Waals surface area (Å²) in [4.78, 5) is 26.9. The predicted molar refractivity (Wildman–Crippen MR) is 78.7 cm³/mol. The maximum atomic E-state index is 11.9. The number of amides is 1. The fourth-order valence-corrected chi connectivity index (χ4v) is 1.78. The third kappa shape index (κ3) is 4.15. The molecule has 0 saturated carbocycles. The standard InChI is InChI=1S/C15H17N3O4/c1-9(2)14-17-13(22-18-14)7-6-12(19)16-11-5-3-4-10(8-11)15(20)21/h3-5,8-9H,6-7H2,1-2H3,(H,16,19)(H,20,21). The van der Waals surface area contributed by atoms with E-state index in [1.165, 1.54) is 12.1 Å². The van der Waals surface area contributed by atoms with Crippen LogP contribution in [0.25, 0.3) is 0 Å². The highest BCUT2D eigenvalue weighted by molar-refractivity contribution is 5.93. The Hall–Kier alpha value is -2.70. The molecule has 2 rings (SSSR count). The maximum Gasteiger partial charge on any atom is 0.335 e. The molecular formula is C15H17N3O4. The second-order valence-electron chi connectivity index (χ2n) is 5.14. The molecule has 0 aliphatic carbocycles. The molecule has 0 unspecified atom stereocenters. The quantitative estimate of drug-likeness (QED) is 0.849. The SMILES string of the molecule is CC(C)c1noc(CCC(=O)Nc2cccc(C(=O)O)c2)n1. The van der Waals surface area contributed by atoms with E-state index in [1.807, 2.05) is 13.8 Å². The normalized spacial score (nSPS) is 10.7. The number of aromatic carboxylic acids is 1. The molecule has 22 heavy (non-hydrogen) atoms. The van der Waals surface area contributed by atoms with Crippen molar-refractivity contribution in [1.82, 2.24) is 10.1 Å². The molecule has 0 bridgehead atoms. The van der Waals surface area contributed by atoms with Gasteiger partial charge >= 0.3 is 5.97 Å². The Labute approximate surface area is 127 Å². The van der Waals surface area contributed by atoms with E-state index < -0.39 is 5.97 Å². The van der Waals surface area contributed by atoms with Crippen LogP contribution in [0.2, 0.25) is 0 Å². The van der Waals surface area contributed by atoms with Crippen LogP contribution in [-0.4, -0.2) is 27.1 Å². The van der Waals surface area contributed by atoms with Crippen molar-refractivity contribution < 1.29 is 19.2 Å². The topological polar surface area (TPSA) is 105 Å². The van der Waals surface area contributed by atoms with Crippen LogP contribution in [0.1, 0.15) is 48.3 Å². The fourth-order valence-electron chi connectivity index (χ4n) is 1.78. The monoisotopic (exact) mass is 303 g/mol. The lowest BCUT2D eigenvalue weighted by Gasteiger charge is -2.05. The highest BCUT2D eigenvalue weighted by Crippen LogP contribution is 2.13. The minimum absolute atomic E-state index is 0.122. The molecule has 1 aromatic heterocycles. The van der Waals surface area contributed by atoms with Crippen molar-refractivity contribution in [2.75, 3.05) is 5.32 Å². The van der Waals surface area contributed by atoms with Crippen molar-refractivity contribution in [3.63, 3.8) is 0 Å². The molecular weight excluding hydrogens is 286 g/mol. The Balaban J connectivity index is 1.90. The van der Waals surface area contributed by atoms with Gasteiger partial charge in [-0.15, -0.1) is 0 Å². The number of aryl methyl sites for hydroxylation is 1. The maximum absolute atomic E-state index is 11.9. The third-order valence-electron chi connectivity index (χ3n) is 2.96. The molecule has 0 aliphatic heterocycles. The number of carboxylic acid groups (broad SMARTS) is 1. The summed E-state index contributed by atoms with van der Waals surface area (Å²) in [6.07, 6.45) is 0.515. The van der Waals surface area contributed by atoms with Crippen LogP contribution in [-0.2, 0) is 11.2 Å². The van der Waals surface area contributed by atoms with Gasteiger partial charge in [-0.2, -0.15) is 4.98 Å². The molecule has 0 fully saturated rings. The number of rotatable bonds is 6. The predicted octanol–water partition coefficient (Wildman–Crippen LogP) is 2.46. The van der Waals surface area contributed by atoms with E-state index >= 15 is 0 Å². The van der Waals surface area contributed by atoms with Crippen molar-refractivity contribution in [3.8, 4) is 0 Å². The molecule has 1 aromatic carbocycles. The third-order valence-corrected chi connectivity index (χ3v) is 2.96. The molecule has 2 N–H and O–H groups in total. The van der Waals surface area contributed by atoms with E-state index in [-0.39, 0.29) is 23.8 Å². The van der Waals surface area contributed by atoms with Gasteiger partial charge in [-0.05, 0) is 18.2 Å². The number of carbonyl (C=O) groups is 2. The zero-order valence-corrected chi connectivity index (χ0v) is 12.4. The summed E-state index contributed by atoms with van der Waals surface area (Å²) in [5.74, 6) is -0.0807. The first-order valence-corrected chi connectivity index (χ1v) is 6.91. The lowest BCUT2D eigenvalue weighted by Crippen LogP contribution is -2.13. The van der Waals surface area contributed by atoms with Crippen LogP contribution in [0, 0.1) is 0 Å². The first-order chi connectivity index (χ1) is 10.5. The van der Waals surface area contributed by atoms with Crippen LogP contribution in [0.15, 0.2) is 28.8 Å². The number of aromatic nitrogens is 2. The summed E-state index contributed by atoms with van der Waals surface area (Å²) in [5.41, 5.74) is 0.564. The first-order valence-electron chi connectivity index (χ1n) is 6.91. The van der Waals surface area contributed by atoms with Gasteiger partial charge < -0.3 is 14.9 Å². The zero-order chi connectivity index (χ0) is 16.1. The highest BCUT2D eigenvalue weighted by Gasteiger charge is 2.12. The van der Waals surface area contributed by atoms with Crippen LogP contribution < -0.4 is 5.32 Å². The number of hydrogen-bond donors (Lipinski definition) is 2.